The average Bonchev–Trinajstić information content (AvgIpc) is 2.87. The number of nitrogens with zero attached hydrogens (tertiary/aromatic N) is 2. The zero-order valence-electron chi connectivity index (χ0n) is 18.7. The first-order valence-electron chi connectivity index (χ1n) is 10.2. The van der Waals surface area contributed by atoms with Gasteiger partial charge in [0.25, 0.3) is 11.4 Å². The molecule has 0 saturated heterocycles. The summed E-state index contributed by atoms with van der Waals surface area (Å²) < 4.78 is 53.2. The number of hydrogen-bond donors (Lipinski definition) is 1. The van der Waals surface area contributed by atoms with E-state index in [-0.39, 0.29) is 9.79 Å². The van der Waals surface area contributed by atoms with Gasteiger partial charge in [0.05, 0.1) is 19.6 Å². The van der Waals surface area contributed by atoms with Gasteiger partial charge in [0.15, 0.2) is 16.7 Å². The highest BCUT2D eigenvalue weighted by molar-refractivity contribution is 7.99. The van der Waals surface area contributed by atoms with E-state index < -0.39 is 55.2 Å². The first-order valence-corrected chi connectivity index (χ1v) is 12.2. The van der Waals surface area contributed by atoms with E-state index in [2.05, 4.69) is 0 Å². The molecule has 4 rings (SSSR count). The maximum Gasteiger partial charge on any atom is 0.295 e. The molecule has 0 atom stereocenters. The van der Waals surface area contributed by atoms with Gasteiger partial charge in [-0.2, -0.15) is 0 Å². The lowest BCUT2D eigenvalue weighted by Gasteiger charge is -2.05. The van der Waals surface area contributed by atoms with E-state index in [9.17, 15) is 37.8 Å². The van der Waals surface area contributed by atoms with Crippen LogP contribution in [-0.2, 0) is 0 Å². The molecule has 7 nitrogen and oxygen atoms in total. The molecule has 38 heavy (non-hydrogen) atoms. The summed E-state index contributed by atoms with van der Waals surface area (Å²) in [6, 6.07) is 15.7. The largest absolute Gasteiger partial charge is 0.391 e. The van der Waals surface area contributed by atoms with Gasteiger partial charge in [0.2, 0.25) is 0 Å². The van der Waals surface area contributed by atoms with Crippen molar-refractivity contribution in [3.8, 4) is 0 Å². The van der Waals surface area contributed by atoms with Crippen LogP contribution in [0.2, 0.25) is 5.02 Å². The number of halogens is 5. The fraction of sp³-hybridized carbons (Fsp3) is 0. The molecule has 0 heterocycles. The Bertz CT molecular complexity index is 1380. The lowest BCUT2D eigenvalue weighted by Crippen LogP contribution is -1.99. The highest BCUT2D eigenvalue weighted by Crippen LogP contribution is 2.37. The van der Waals surface area contributed by atoms with E-state index in [4.69, 9.17) is 17.3 Å². The smallest absolute Gasteiger partial charge is 0.295 e. The van der Waals surface area contributed by atoms with Crippen molar-refractivity contribution in [1.82, 2.24) is 0 Å². The molecule has 0 aromatic heterocycles. The Morgan fingerprint density at radius 3 is 1.45 bits per heavy atom. The van der Waals surface area contributed by atoms with Gasteiger partial charge >= 0.3 is 0 Å². The topological polar surface area (TPSA) is 112 Å². The summed E-state index contributed by atoms with van der Waals surface area (Å²) in [5, 5.41) is 20.6. The molecule has 0 bridgehead atoms. The van der Waals surface area contributed by atoms with E-state index in [0.29, 0.717) is 9.79 Å². The highest BCUT2D eigenvalue weighted by Gasteiger charge is 2.20. The van der Waals surface area contributed by atoms with Crippen molar-refractivity contribution >= 4 is 52.2 Å². The normalized spacial score (nSPS) is 10.4. The van der Waals surface area contributed by atoms with E-state index in [1.807, 2.05) is 0 Å². The Kier molecular flexibility index (Phi) is 9.55. The highest BCUT2D eigenvalue weighted by atomic mass is 35.5. The third-order valence-corrected chi connectivity index (χ3v) is 7.07. The Morgan fingerprint density at radius 2 is 1.03 bits per heavy atom. The number of hydrogen-bond acceptors (Lipinski definition) is 7. The summed E-state index contributed by atoms with van der Waals surface area (Å²) in [6.45, 7) is 0. The van der Waals surface area contributed by atoms with Gasteiger partial charge < -0.3 is 5.73 Å². The van der Waals surface area contributed by atoms with E-state index in [0.717, 1.165) is 35.7 Å². The summed E-state index contributed by atoms with van der Waals surface area (Å²) >= 11 is 7.62. The third-order valence-electron chi connectivity index (χ3n) is 4.62. The average molecular weight is 584 g/mol. The van der Waals surface area contributed by atoms with Crippen molar-refractivity contribution in [2.24, 2.45) is 0 Å². The molecule has 0 aliphatic carbocycles. The van der Waals surface area contributed by atoms with E-state index in [1.165, 1.54) is 60.7 Å². The number of nitrogen functional groups attached to an aromatic ring is 1. The molecule has 4 aromatic rings. The minimum absolute atomic E-state index is 0.141. The minimum Gasteiger partial charge on any atom is -0.391 e. The SMILES string of the molecule is Nc1c([N+](=O)[O-])ccc(Sc2ccc(F)cc2)c1F.O=[N+]([O-])c1ccc(Sc2ccc(F)cc2)c(F)c1Cl. The van der Waals surface area contributed by atoms with Gasteiger partial charge in [-0.25, -0.2) is 17.6 Å². The Hall–Kier alpha value is -3.81. The zero-order valence-corrected chi connectivity index (χ0v) is 21.1. The molecule has 0 amide bonds. The van der Waals surface area contributed by atoms with Gasteiger partial charge in [0, 0.05) is 21.9 Å². The number of nitro groups is 2. The van der Waals surface area contributed by atoms with Crippen LogP contribution in [0.1, 0.15) is 0 Å². The van der Waals surface area contributed by atoms with E-state index >= 15 is 0 Å². The van der Waals surface area contributed by atoms with Crippen LogP contribution in [0.15, 0.2) is 92.4 Å². The zero-order chi connectivity index (χ0) is 28.0. The first-order chi connectivity index (χ1) is 18.0. The van der Waals surface area contributed by atoms with Crippen LogP contribution in [-0.4, -0.2) is 9.85 Å². The molecule has 0 fully saturated rings. The molecular formula is C24H14ClF4N3O4S2. The fourth-order valence-corrected chi connectivity index (χ4v) is 4.81. The van der Waals surface area contributed by atoms with E-state index in [1.54, 1.807) is 0 Å². The monoisotopic (exact) mass is 583 g/mol. The summed E-state index contributed by atoms with van der Waals surface area (Å²) in [7, 11) is 0. The molecule has 0 aliphatic heterocycles. The van der Waals surface area contributed by atoms with Gasteiger partial charge in [-0.15, -0.1) is 0 Å². The Balaban J connectivity index is 0.000000211. The molecule has 2 N–H and O–H groups in total. The maximum absolute atomic E-state index is 13.9. The predicted molar refractivity (Wildman–Crippen MR) is 137 cm³/mol. The van der Waals surface area contributed by atoms with Gasteiger partial charge in [-0.3, -0.25) is 20.2 Å². The molecular weight excluding hydrogens is 570 g/mol. The van der Waals surface area contributed by atoms with Crippen molar-refractivity contribution in [2.45, 2.75) is 19.6 Å². The quantitative estimate of drug-likeness (QED) is 0.105. The van der Waals surface area contributed by atoms with Crippen LogP contribution < -0.4 is 5.73 Å². The van der Waals surface area contributed by atoms with Crippen molar-refractivity contribution in [2.75, 3.05) is 5.73 Å². The number of nitro benzene ring substituents is 2. The van der Waals surface area contributed by atoms with Crippen molar-refractivity contribution < 1.29 is 27.4 Å². The van der Waals surface area contributed by atoms with Crippen LogP contribution in [0, 0.1) is 43.5 Å². The Morgan fingerprint density at radius 1 is 0.632 bits per heavy atom. The van der Waals surface area contributed by atoms with Gasteiger partial charge in [0.1, 0.15) is 17.3 Å². The number of nitrogens with two attached hydrogens (primary N) is 1. The molecule has 0 unspecified atom stereocenters. The van der Waals surface area contributed by atoms with Crippen LogP contribution in [0.3, 0.4) is 0 Å². The molecule has 0 radical (unpaired) electrons. The summed E-state index contributed by atoms with van der Waals surface area (Å²) in [5.41, 5.74) is 3.91. The number of rotatable bonds is 6. The predicted octanol–water partition coefficient (Wildman–Crippen LogP) is 8.28. The second-order valence-electron chi connectivity index (χ2n) is 7.15. The Labute approximate surface area is 225 Å². The molecule has 14 heteroatoms. The van der Waals surface area contributed by atoms with Crippen LogP contribution in [0.25, 0.3) is 0 Å². The molecule has 0 aliphatic rings. The minimum atomic E-state index is -0.856. The number of anilines is 1. The summed E-state index contributed by atoms with van der Waals surface area (Å²) in [6.07, 6.45) is 0. The third kappa shape index (κ3) is 7.15. The molecule has 0 spiro atoms. The second kappa shape index (κ2) is 12.6. The standard InChI is InChI=1S/C12H6ClF2NO2S.C12H8F2N2O2S/c13-11-9(16(17)18)5-6-10(12(11)15)19-8-3-1-7(14)2-4-8;13-7-1-3-8(4-2-7)19-10-6-5-9(16(17)18)12(15)11(10)14/h1-6H;1-6H,15H2. The lowest BCUT2D eigenvalue weighted by molar-refractivity contribution is -0.385. The van der Waals surface area contributed by atoms with Crippen molar-refractivity contribution in [1.29, 1.82) is 0 Å². The first kappa shape index (κ1) is 28.8. The lowest BCUT2D eigenvalue weighted by atomic mass is 10.2. The molecule has 4 aromatic carbocycles. The van der Waals surface area contributed by atoms with Crippen LogP contribution in [0.4, 0.5) is 34.6 Å². The van der Waals surface area contributed by atoms with Crippen molar-refractivity contribution in [3.63, 3.8) is 0 Å². The second-order valence-corrected chi connectivity index (χ2v) is 9.76. The molecule has 196 valence electrons. The maximum atomic E-state index is 13.9. The van der Waals surface area contributed by atoms with Crippen LogP contribution >= 0.6 is 35.1 Å². The summed E-state index contributed by atoms with van der Waals surface area (Å²) in [5.74, 6) is -2.49. The van der Waals surface area contributed by atoms with Crippen molar-refractivity contribution in [3.05, 3.63) is 121 Å². The van der Waals surface area contributed by atoms with Gasteiger partial charge in [-0.1, -0.05) is 35.1 Å². The molecule has 0 saturated carbocycles. The van der Waals surface area contributed by atoms with Crippen LogP contribution in [0.5, 0.6) is 0 Å². The van der Waals surface area contributed by atoms with Gasteiger partial charge in [-0.05, 0) is 60.7 Å². The number of benzene rings is 4. The summed E-state index contributed by atoms with van der Waals surface area (Å²) in [4.78, 5) is 21.2. The fourth-order valence-electron chi connectivity index (χ4n) is 2.80.